The number of para-hydroxylation sites is 1. The molecule has 0 unspecified atom stereocenters. The van der Waals surface area contributed by atoms with E-state index in [4.69, 9.17) is 9.15 Å². The van der Waals surface area contributed by atoms with Crippen molar-refractivity contribution >= 4 is 5.91 Å². The number of rotatable bonds is 6. The summed E-state index contributed by atoms with van der Waals surface area (Å²) >= 11 is 0. The van der Waals surface area contributed by atoms with Gasteiger partial charge < -0.3 is 19.4 Å². The SMILES string of the molecule is CNCC1CCN(C(=O)c2occc2COc2ccccc2)CC1. The number of amides is 1. The van der Waals surface area contributed by atoms with Gasteiger partial charge >= 0.3 is 0 Å². The van der Waals surface area contributed by atoms with Gasteiger partial charge in [0.1, 0.15) is 12.4 Å². The van der Waals surface area contributed by atoms with Gasteiger partial charge in [-0.1, -0.05) is 18.2 Å². The largest absolute Gasteiger partial charge is 0.489 e. The number of carbonyl (C=O) groups is 1. The first kappa shape index (κ1) is 16.6. The third-order valence-corrected chi connectivity index (χ3v) is 4.47. The standard InChI is InChI=1S/C19H24N2O3/c1-20-13-15-7-10-21(11-8-15)19(22)18-16(9-12-23-18)14-24-17-5-3-2-4-6-17/h2-6,9,12,15,20H,7-8,10-11,13-14H2,1H3. The van der Waals surface area contributed by atoms with Crippen molar-refractivity contribution in [1.29, 1.82) is 0 Å². The molecule has 0 bridgehead atoms. The van der Waals surface area contributed by atoms with Crippen LogP contribution in [0.2, 0.25) is 0 Å². The maximum atomic E-state index is 12.7. The molecule has 5 heteroatoms. The lowest BCUT2D eigenvalue weighted by molar-refractivity contribution is 0.0655. The van der Waals surface area contributed by atoms with Gasteiger partial charge in [0.25, 0.3) is 5.91 Å². The van der Waals surface area contributed by atoms with E-state index >= 15 is 0 Å². The van der Waals surface area contributed by atoms with Gasteiger partial charge in [-0.3, -0.25) is 4.79 Å². The summed E-state index contributed by atoms with van der Waals surface area (Å²) in [4.78, 5) is 14.6. The van der Waals surface area contributed by atoms with Gasteiger partial charge in [-0.2, -0.15) is 0 Å². The molecule has 1 fully saturated rings. The molecule has 1 saturated heterocycles. The molecule has 1 aliphatic heterocycles. The minimum Gasteiger partial charge on any atom is -0.489 e. The smallest absolute Gasteiger partial charge is 0.289 e. The van der Waals surface area contributed by atoms with Crippen molar-refractivity contribution in [3.05, 3.63) is 54.0 Å². The molecular formula is C19H24N2O3. The van der Waals surface area contributed by atoms with Gasteiger partial charge in [0.2, 0.25) is 0 Å². The molecule has 1 aromatic heterocycles. The molecule has 0 radical (unpaired) electrons. The third-order valence-electron chi connectivity index (χ3n) is 4.47. The predicted molar refractivity (Wildman–Crippen MR) is 92.0 cm³/mol. The zero-order chi connectivity index (χ0) is 16.8. The number of hydrogen-bond acceptors (Lipinski definition) is 4. The van der Waals surface area contributed by atoms with E-state index in [2.05, 4.69) is 5.32 Å². The van der Waals surface area contributed by atoms with Crippen LogP contribution in [0.25, 0.3) is 0 Å². The number of carbonyl (C=O) groups excluding carboxylic acids is 1. The van der Waals surface area contributed by atoms with Crippen LogP contribution in [0, 0.1) is 5.92 Å². The number of furan rings is 1. The van der Waals surface area contributed by atoms with Gasteiger partial charge in [-0.25, -0.2) is 0 Å². The van der Waals surface area contributed by atoms with E-state index in [0.29, 0.717) is 18.3 Å². The molecule has 128 valence electrons. The van der Waals surface area contributed by atoms with Crippen molar-refractivity contribution < 1.29 is 13.9 Å². The molecule has 1 aromatic carbocycles. The van der Waals surface area contributed by atoms with Crippen LogP contribution in [0.15, 0.2) is 47.1 Å². The molecule has 2 aromatic rings. The number of nitrogens with one attached hydrogen (secondary N) is 1. The maximum absolute atomic E-state index is 12.7. The van der Waals surface area contributed by atoms with E-state index in [9.17, 15) is 4.79 Å². The minimum absolute atomic E-state index is 0.0328. The summed E-state index contributed by atoms with van der Waals surface area (Å²) in [5.41, 5.74) is 0.793. The fraction of sp³-hybridized carbons (Fsp3) is 0.421. The van der Waals surface area contributed by atoms with Gasteiger partial charge in [0.05, 0.1) is 6.26 Å². The van der Waals surface area contributed by atoms with Crippen molar-refractivity contribution in [3.8, 4) is 5.75 Å². The number of hydrogen-bond donors (Lipinski definition) is 1. The molecule has 0 saturated carbocycles. The van der Waals surface area contributed by atoms with E-state index in [1.807, 2.05) is 48.3 Å². The Kier molecular flexibility index (Phi) is 5.54. The molecule has 0 aliphatic carbocycles. The van der Waals surface area contributed by atoms with Crippen LogP contribution in [0.1, 0.15) is 29.0 Å². The zero-order valence-corrected chi connectivity index (χ0v) is 14.0. The van der Waals surface area contributed by atoms with E-state index < -0.39 is 0 Å². The fourth-order valence-electron chi connectivity index (χ4n) is 3.09. The molecule has 0 atom stereocenters. The van der Waals surface area contributed by atoms with Crippen molar-refractivity contribution in [2.24, 2.45) is 5.92 Å². The van der Waals surface area contributed by atoms with E-state index in [1.54, 1.807) is 6.26 Å². The highest BCUT2D eigenvalue weighted by Crippen LogP contribution is 2.21. The van der Waals surface area contributed by atoms with Crippen molar-refractivity contribution in [2.75, 3.05) is 26.7 Å². The first-order valence-electron chi connectivity index (χ1n) is 8.46. The highest BCUT2D eigenvalue weighted by atomic mass is 16.5. The topological polar surface area (TPSA) is 54.7 Å². The monoisotopic (exact) mass is 328 g/mol. The molecule has 3 rings (SSSR count). The average Bonchev–Trinajstić information content (AvgIpc) is 3.10. The number of ether oxygens (including phenoxy) is 1. The third kappa shape index (κ3) is 3.97. The first-order chi connectivity index (χ1) is 11.8. The minimum atomic E-state index is -0.0328. The molecule has 0 spiro atoms. The Labute approximate surface area is 142 Å². The lowest BCUT2D eigenvalue weighted by atomic mass is 9.96. The van der Waals surface area contributed by atoms with Crippen LogP contribution >= 0.6 is 0 Å². The second kappa shape index (κ2) is 8.02. The van der Waals surface area contributed by atoms with E-state index in [1.165, 1.54) is 0 Å². The van der Waals surface area contributed by atoms with Crippen LogP contribution in [0.5, 0.6) is 5.75 Å². The van der Waals surface area contributed by atoms with Gasteiger partial charge in [-0.05, 0) is 50.6 Å². The van der Waals surface area contributed by atoms with Crippen LogP contribution in [-0.4, -0.2) is 37.5 Å². The summed E-state index contributed by atoms with van der Waals surface area (Å²) in [7, 11) is 1.97. The van der Waals surface area contributed by atoms with Crippen molar-refractivity contribution in [3.63, 3.8) is 0 Å². The summed E-state index contributed by atoms with van der Waals surface area (Å²) in [6, 6.07) is 11.4. The number of benzene rings is 1. The molecular weight excluding hydrogens is 304 g/mol. The molecule has 24 heavy (non-hydrogen) atoms. The Morgan fingerprint density at radius 3 is 2.71 bits per heavy atom. The quantitative estimate of drug-likeness (QED) is 0.886. The number of nitrogens with zero attached hydrogens (tertiary/aromatic N) is 1. The summed E-state index contributed by atoms with van der Waals surface area (Å²) in [5, 5.41) is 3.21. The van der Waals surface area contributed by atoms with Crippen LogP contribution in [0.4, 0.5) is 0 Å². The fourth-order valence-corrected chi connectivity index (χ4v) is 3.09. The predicted octanol–water partition coefficient (Wildman–Crippen LogP) is 2.93. The second-order valence-corrected chi connectivity index (χ2v) is 6.17. The van der Waals surface area contributed by atoms with E-state index in [-0.39, 0.29) is 5.91 Å². The Hall–Kier alpha value is -2.27. The summed E-state index contributed by atoms with van der Waals surface area (Å²) in [5.74, 6) is 1.80. The summed E-state index contributed by atoms with van der Waals surface area (Å²) in [6.45, 7) is 2.91. The van der Waals surface area contributed by atoms with Crippen LogP contribution in [-0.2, 0) is 6.61 Å². The highest BCUT2D eigenvalue weighted by Gasteiger charge is 2.26. The zero-order valence-electron chi connectivity index (χ0n) is 14.0. The summed E-state index contributed by atoms with van der Waals surface area (Å²) < 4.78 is 11.2. The Morgan fingerprint density at radius 1 is 1.25 bits per heavy atom. The normalized spacial score (nSPS) is 15.5. The number of likely N-dealkylation sites (tertiary alicyclic amines) is 1. The molecule has 1 amide bonds. The Morgan fingerprint density at radius 2 is 2.00 bits per heavy atom. The van der Waals surface area contributed by atoms with Crippen LogP contribution < -0.4 is 10.1 Å². The van der Waals surface area contributed by atoms with Gasteiger partial charge in [0, 0.05) is 18.7 Å². The van der Waals surface area contributed by atoms with Crippen LogP contribution in [0.3, 0.4) is 0 Å². The first-order valence-corrected chi connectivity index (χ1v) is 8.46. The maximum Gasteiger partial charge on any atom is 0.289 e. The Bertz CT molecular complexity index is 646. The number of piperidine rings is 1. The summed E-state index contributed by atoms with van der Waals surface area (Å²) in [6.07, 6.45) is 3.62. The Balaban J connectivity index is 1.59. The lowest BCUT2D eigenvalue weighted by Crippen LogP contribution is -2.40. The van der Waals surface area contributed by atoms with E-state index in [0.717, 1.165) is 43.8 Å². The average molecular weight is 328 g/mol. The van der Waals surface area contributed by atoms with Gasteiger partial charge in [-0.15, -0.1) is 0 Å². The molecule has 1 aliphatic rings. The van der Waals surface area contributed by atoms with Gasteiger partial charge in [0.15, 0.2) is 5.76 Å². The molecule has 2 heterocycles. The lowest BCUT2D eigenvalue weighted by Gasteiger charge is -2.31. The van der Waals surface area contributed by atoms with Crippen molar-refractivity contribution in [1.82, 2.24) is 10.2 Å². The second-order valence-electron chi connectivity index (χ2n) is 6.17. The molecule has 5 nitrogen and oxygen atoms in total. The van der Waals surface area contributed by atoms with Crippen molar-refractivity contribution in [2.45, 2.75) is 19.4 Å². The highest BCUT2D eigenvalue weighted by molar-refractivity contribution is 5.93. The molecule has 1 N–H and O–H groups in total.